The van der Waals surface area contributed by atoms with Crippen molar-refractivity contribution >= 4 is 63.4 Å². The highest BCUT2D eigenvalue weighted by atomic mass is 35.5. The number of rotatable bonds is 7. The van der Waals surface area contributed by atoms with Gasteiger partial charge in [-0.05, 0) is 25.1 Å². The van der Waals surface area contributed by atoms with E-state index in [0.717, 1.165) is 0 Å². The smallest absolute Gasteiger partial charge is 0.255 e. The molecule has 1 aromatic carbocycles. The largest absolute Gasteiger partial charge is 0.493 e. The number of nitrogens with zero attached hydrogens (tertiary/aromatic N) is 3. The van der Waals surface area contributed by atoms with Gasteiger partial charge in [-0.15, -0.1) is 0 Å². The summed E-state index contributed by atoms with van der Waals surface area (Å²) in [4.78, 5) is 28.6. The number of anilines is 2. The Labute approximate surface area is 198 Å². The summed E-state index contributed by atoms with van der Waals surface area (Å²) in [6, 6.07) is 6.81. The molecule has 0 aliphatic carbocycles. The van der Waals surface area contributed by atoms with Crippen LogP contribution in [0.25, 0.3) is 11.0 Å². The van der Waals surface area contributed by atoms with E-state index < -0.39 is 0 Å². The summed E-state index contributed by atoms with van der Waals surface area (Å²) < 4.78 is 5.69. The minimum atomic E-state index is -0.338. The highest BCUT2D eigenvalue weighted by Gasteiger charge is 2.17. The monoisotopic (exact) mass is 490 g/mol. The highest BCUT2D eigenvalue weighted by Crippen LogP contribution is 2.32. The molecule has 4 aromatic rings. The molecule has 3 N–H and O–H groups in total. The number of hydrogen-bond acceptors (Lipinski definition) is 6. The third-order valence-corrected chi connectivity index (χ3v) is 5.39. The fourth-order valence-electron chi connectivity index (χ4n) is 3.01. The third kappa shape index (κ3) is 4.72. The summed E-state index contributed by atoms with van der Waals surface area (Å²) in [5, 5.41) is 7.04. The van der Waals surface area contributed by atoms with Gasteiger partial charge < -0.3 is 20.4 Å². The van der Waals surface area contributed by atoms with Crippen molar-refractivity contribution < 1.29 is 9.53 Å². The Balaban J connectivity index is 1.62. The molecule has 4 rings (SSSR count). The summed E-state index contributed by atoms with van der Waals surface area (Å²) in [6.45, 7) is 2.40. The van der Waals surface area contributed by atoms with E-state index in [2.05, 4.69) is 30.6 Å². The lowest BCUT2D eigenvalue weighted by Gasteiger charge is -2.11. The Morgan fingerprint density at radius 3 is 2.66 bits per heavy atom. The first kappa shape index (κ1) is 22.1. The van der Waals surface area contributed by atoms with E-state index in [-0.39, 0.29) is 12.5 Å². The Bertz CT molecular complexity index is 1270. The molecule has 0 bridgehead atoms. The summed E-state index contributed by atoms with van der Waals surface area (Å²) in [5.74, 6) is 0.477. The van der Waals surface area contributed by atoms with Gasteiger partial charge in [0.15, 0.2) is 0 Å². The van der Waals surface area contributed by atoms with Gasteiger partial charge in [0.05, 0.1) is 56.2 Å². The number of nitrogens with one attached hydrogen (secondary N) is 3. The Morgan fingerprint density at radius 2 is 1.94 bits per heavy atom. The summed E-state index contributed by atoms with van der Waals surface area (Å²) in [7, 11) is 0. The van der Waals surface area contributed by atoms with Gasteiger partial charge in [-0.3, -0.25) is 14.8 Å². The summed E-state index contributed by atoms with van der Waals surface area (Å²) in [5.41, 5.74) is 2.60. The summed E-state index contributed by atoms with van der Waals surface area (Å²) in [6.07, 6.45) is 4.56. The normalized spacial score (nSPS) is 10.9. The standard InChI is InChI=1S/C21H17Cl3N6O2/c1-2-32-18-7-16-15(28-21(29-16)30-19-13(23)8-25-9-14(19)24)6-11(18)20(31)27-10-17-12(22)4-3-5-26-17/h3-9H,2,10H2,1H3,(H,27,31)(H2,25,28,29,30). The van der Waals surface area contributed by atoms with Gasteiger partial charge in [0.2, 0.25) is 5.95 Å². The number of amides is 1. The van der Waals surface area contributed by atoms with E-state index >= 15 is 0 Å². The van der Waals surface area contributed by atoms with Crippen molar-refractivity contribution in [1.29, 1.82) is 0 Å². The van der Waals surface area contributed by atoms with Crippen LogP contribution in [0, 0.1) is 0 Å². The van der Waals surface area contributed by atoms with Crippen molar-refractivity contribution in [3.8, 4) is 5.75 Å². The van der Waals surface area contributed by atoms with Crippen molar-refractivity contribution in [2.75, 3.05) is 11.9 Å². The first-order chi connectivity index (χ1) is 15.5. The van der Waals surface area contributed by atoms with Crippen molar-refractivity contribution in [3.05, 3.63) is 69.2 Å². The minimum absolute atomic E-state index is 0.175. The molecule has 0 spiro atoms. The van der Waals surface area contributed by atoms with Crippen molar-refractivity contribution in [1.82, 2.24) is 25.3 Å². The zero-order valence-electron chi connectivity index (χ0n) is 16.7. The number of carbonyl (C=O) groups is 1. The maximum Gasteiger partial charge on any atom is 0.255 e. The molecule has 0 saturated heterocycles. The van der Waals surface area contributed by atoms with Crippen LogP contribution in [-0.4, -0.2) is 32.4 Å². The second-order valence-corrected chi connectivity index (χ2v) is 7.82. The summed E-state index contributed by atoms with van der Waals surface area (Å²) >= 11 is 18.5. The van der Waals surface area contributed by atoms with Crippen LogP contribution in [0.2, 0.25) is 15.1 Å². The topological polar surface area (TPSA) is 105 Å². The molecule has 11 heteroatoms. The van der Waals surface area contributed by atoms with Crippen LogP contribution in [0.15, 0.2) is 42.9 Å². The van der Waals surface area contributed by atoms with Gasteiger partial charge in [-0.1, -0.05) is 34.8 Å². The molecule has 0 atom stereocenters. The number of H-pyrrole nitrogens is 1. The number of aromatic amines is 1. The zero-order valence-corrected chi connectivity index (χ0v) is 19.0. The minimum Gasteiger partial charge on any atom is -0.493 e. The molecule has 8 nitrogen and oxygen atoms in total. The second kappa shape index (κ2) is 9.60. The number of fused-ring (bicyclic) bond motifs is 1. The number of carbonyl (C=O) groups excluding carboxylic acids is 1. The lowest BCUT2D eigenvalue weighted by atomic mass is 10.1. The Morgan fingerprint density at radius 1 is 1.16 bits per heavy atom. The van der Waals surface area contributed by atoms with Gasteiger partial charge in [0.1, 0.15) is 5.75 Å². The quantitative estimate of drug-likeness (QED) is 0.320. The predicted molar refractivity (Wildman–Crippen MR) is 125 cm³/mol. The average Bonchev–Trinajstić information content (AvgIpc) is 3.17. The van der Waals surface area contributed by atoms with Crippen molar-refractivity contribution in [2.45, 2.75) is 13.5 Å². The molecule has 0 saturated carbocycles. The number of aromatic nitrogens is 4. The molecule has 0 unspecified atom stereocenters. The molecular formula is C21H17Cl3N6O2. The zero-order chi connectivity index (χ0) is 22.7. The van der Waals surface area contributed by atoms with E-state index in [0.29, 0.717) is 61.4 Å². The van der Waals surface area contributed by atoms with Crippen LogP contribution >= 0.6 is 34.8 Å². The van der Waals surface area contributed by atoms with Gasteiger partial charge in [-0.2, -0.15) is 0 Å². The predicted octanol–water partition coefficient (Wildman–Crippen LogP) is 5.39. The lowest BCUT2D eigenvalue weighted by molar-refractivity contribution is 0.0947. The fraction of sp³-hybridized carbons (Fsp3) is 0.143. The molecule has 0 fully saturated rings. The van der Waals surface area contributed by atoms with Gasteiger partial charge >= 0.3 is 0 Å². The lowest BCUT2D eigenvalue weighted by Crippen LogP contribution is -2.24. The number of benzene rings is 1. The first-order valence-electron chi connectivity index (χ1n) is 9.56. The first-order valence-corrected chi connectivity index (χ1v) is 10.7. The van der Waals surface area contributed by atoms with Crippen molar-refractivity contribution in [2.24, 2.45) is 0 Å². The van der Waals surface area contributed by atoms with E-state index in [9.17, 15) is 4.79 Å². The Kier molecular flexibility index (Phi) is 6.64. The molecule has 1 amide bonds. The molecule has 32 heavy (non-hydrogen) atoms. The van der Waals surface area contributed by atoms with E-state index in [4.69, 9.17) is 39.5 Å². The van der Waals surface area contributed by atoms with Crippen LogP contribution in [-0.2, 0) is 6.54 Å². The number of hydrogen-bond donors (Lipinski definition) is 3. The SMILES string of the molecule is CCOc1cc2[nH]c(Nc3c(Cl)cncc3Cl)nc2cc1C(=O)NCc1ncccc1Cl. The Hall–Kier alpha value is -3.07. The molecule has 3 heterocycles. The van der Waals surface area contributed by atoms with Crippen molar-refractivity contribution in [3.63, 3.8) is 0 Å². The molecule has 3 aromatic heterocycles. The van der Waals surface area contributed by atoms with Crippen LogP contribution in [0.3, 0.4) is 0 Å². The second-order valence-electron chi connectivity index (χ2n) is 6.60. The van der Waals surface area contributed by atoms with E-state index in [1.54, 1.807) is 30.5 Å². The maximum atomic E-state index is 12.9. The van der Waals surface area contributed by atoms with Crippen LogP contribution in [0.5, 0.6) is 5.75 Å². The average molecular weight is 492 g/mol. The highest BCUT2D eigenvalue weighted by molar-refractivity contribution is 6.39. The number of pyridine rings is 2. The maximum absolute atomic E-state index is 12.9. The van der Waals surface area contributed by atoms with Crippen LogP contribution < -0.4 is 15.4 Å². The van der Waals surface area contributed by atoms with E-state index in [1.807, 2.05) is 6.92 Å². The van der Waals surface area contributed by atoms with Gasteiger partial charge in [0.25, 0.3) is 5.91 Å². The van der Waals surface area contributed by atoms with E-state index in [1.165, 1.54) is 12.4 Å². The number of imidazole rings is 1. The molecule has 0 radical (unpaired) electrons. The number of halogens is 3. The van der Waals surface area contributed by atoms with Gasteiger partial charge in [-0.25, -0.2) is 4.98 Å². The molecule has 0 aliphatic rings. The van der Waals surface area contributed by atoms with Crippen LogP contribution in [0.1, 0.15) is 23.0 Å². The van der Waals surface area contributed by atoms with Crippen LogP contribution in [0.4, 0.5) is 11.6 Å². The molecule has 0 aliphatic heterocycles. The molecular weight excluding hydrogens is 475 g/mol. The third-order valence-electron chi connectivity index (χ3n) is 4.48. The number of ether oxygens (including phenoxy) is 1. The fourth-order valence-corrected chi connectivity index (χ4v) is 3.65. The molecule has 164 valence electrons. The van der Waals surface area contributed by atoms with Gasteiger partial charge in [0, 0.05) is 24.7 Å².